The smallest absolute Gasteiger partial charge is 0.131 e. The van der Waals surface area contributed by atoms with Crippen molar-refractivity contribution in [3.63, 3.8) is 0 Å². The van der Waals surface area contributed by atoms with Gasteiger partial charge in [0.2, 0.25) is 0 Å². The quantitative estimate of drug-likeness (QED) is 0.682. The third-order valence-electron chi connectivity index (χ3n) is 2.41. The van der Waals surface area contributed by atoms with E-state index in [4.69, 9.17) is 11.6 Å². The second kappa shape index (κ2) is 4.22. The van der Waals surface area contributed by atoms with Crippen LogP contribution < -0.4 is 0 Å². The highest BCUT2D eigenvalue weighted by molar-refractivity contribution is 6.30. The molecule has 0 aliphatic rings. The first-order chi connectivity index (χ1) is 7.58. The van der Waals surface area contributed by atoms with E-state index in [1.165, 1.54) is 24.3 Å². The molecule has 0 saturated heterocycles. The van der Waals surface area contributed by atoms with Crippen molar-refractivity contribution in [1.82, 2.24) is 0 Å². The lowest BCUT2D eigenvalue weighted by molar-refractivity contribution is 0.617. The van der Waals surface area contributed by atoms with Gasteiger partial charge in [0.15, 0.2) is 0 Å². The molecular formula is C13H9ClF2. The van der Waals surface area contributed by atoms with E-state index in [-0.39, 0.29) is 5.82 Å². The van der Waals surface area contributed by atoms with E-state index in [1.54, 1.807) is 19.1 Å². The van der Waals surface area contributed by atoms with Gasteiger partial charge in [0.05, 0.1) is 0 Å². The number of hydrogen-bond acceptors (Lipinski definition) is 0. The number of aryl methyl sites for hydroxylation is 1. The summed E-state index contributed by atoms with van der Waals surface area (Å²) in [4.78, 5) is 0. The van der Waals surface area contributed by atoms with Gasteiger partial charge in [-0.05, 0) is 42.3 Å². The van der Waals surface area contributed by atoms with Crippen molar-refractivity contribution in [2.24, 2.45) is 0 Å². The number of benzene rings is 2. The zero-order valence-electron chi connectivity index (χ0n) is 8.60. The van der Waals surface area contributed by atoms with Crippen LogP contribution in [0.3, 0.4) is 0 Å². The maximum absolute atomic E-state index is 13.5. The Labute approximate surface area is 97.5 Å². The average Bonchev–Trinajstić information content (AvgIpc) is 2.26. The fourth-order valence-corrected chi connectivity index (χ4v) is 1.65. The van der Waals surface area contributed by atoms with Gasteiger partial charge in [-0.15, -0.1) is 0 Å². The van der Waals surface area contributed by atoms with Crippen molar-refractivity contribution in [3.05, 3.63) is 58.6 Å². The van der Waals surface area contributed by atoms with Crippen LogP contribution in [-0.2, 0) is 0 Å². The Bertz CT molecular complexity index is 535. The second-order valence-electron chi connectivity index (χ2n) is 3.59. The van der Waals surface area contributed by atoms with Crippen molar-refractivity contribution in [1.29, 1.82) is 0 Å². The third-order valence-corrected chi connectivity index (χ3v) is 2.65. The molecule has 0 unspecified atom stereocenters. The van der Waals surface area contributed by atoms with Gasteiger partial charge < -0.3 is 0 Å². The van der Waals surface area contributed by atoms with Crippen LogP contribution in [0, 0.1) is 18.6 Å². The fourth-order valence-electron chi connectivity index (χ4n) is 1.48. The summed E-state index contributed by atoms with van der Waals surface area (Å²) in [6, 6.07) is 8.82. The van der Waals surface area contributed by atoms with Crippen LogP contribution >= 0.6 is 11.6 Å². The van der Waals surface area contributed by atoms with E-state index in [0.717, 1.165) is 0 Å². The SMILES string of the molecule is Cc1ccc(-c2cc(Cl)ccc2F)cc1F. The fraction of sp³-hybridized carbons (Fsp3) is 0.0769. The van der Waals surface area contributed by atoms with Gasteiger partial charge in [-0.3, -0.25) is 0 Å². The summed E-state index contributed by atoms with van der Waals surface area (Å²) in [6.45, 7) is 1.66. The molecule has 0 spiro atoms. The van der Waals surface area contributed by atoms with Crippen LogP contribution in [0.15, 0.2) is 36.4 Å². The molecule has 0 atom stereocenters. The van der Waals surface area contributed by atoms with Gasteiger partial charge in [0, 0.05) is 10.6 Å². The predicted molar refractivity (Wildman–Crippen MR) is 61.5 cm³/mol. The van der Waals surface area contributed by atoms with Crippen LogP contribution in [0.25, 0.3) is 11.1 Å². The van der Waals surface area contributed by atoms with E-state index < -0.39 is 5.82 Å². The van der Waals surface area contributed by atoms with Crippen molar-refractivity contribution < 1.29 is 8.78 Å². The molecule has 0 nitrogen and oxygen atoms in total. The van der Waals surface area contributed by atoms with E-state index in [0.29, 0.717) is 21.7 Å². The summed E-state index contributed by atoms with van der Waals surface area (Å²) >= 11 is 5.78. The summed E-state index contributed by atoms with van der Waals surface area (Å²) in [6.07, 6.45) is 0. The molecule has 2 aromatic rings. The molecule has 0 fully saturated rings. The topological polar surface area (TPSA) is 0 Å². The number of rotatable bonds is 1. The first kappa shape index (κ1) is 11.1. The number of halogens is 3. The van der Waals surface area contributed by atoms with Gasteiger partial charge in [0.1, 0.15) is 11.6 Å². The standard InChI is InChI=1S/C13H9ClF2/c1-8-2-3-9(6-13(8)16)11-7-10(14)4-5-12(11)15/h2-7H,1H3. The highest BCUT2D eigenvalue weighted by atomic mass is 35.5. The van der Waals surface area contributed by atoms with Gasteiger partial charge in [-0.25, -0.2) is 8.78 Å². The normalized spacial score (nSPS) is 10.5. The van der Waals surface area contributed by atoms with Gasteiger partial charge in [0.25, 0.3) is 0 Å². The van der Waals surface area contributed by atoms with Crippen LogP contribution in [-0.4, -0.2) is 0 Å². The first-order valence-electron chi connectivity index (χ1n) is 4.79. The van der Waals surface area contributed by atoms with E-state index in [1.807, 2.05) is 0 Å². The lowest BCUT2D eigenvalue weighted by atomic mass is 10.0. The Hall–Kier alpha value is -1.41. The minimum absolute atomic E-state index is 0.311. The zero-order valence-corrected chi connectivity index (χ0v) is 9.35. The highest BCUT2D eigenvalue weighted by Gasteiger charge is 2.07. The highest BCUT2D eigenvalue weighted by Crippen LogP contribution is 2.27. The van der Waals surface area contributed by atoms with Crippen molar-refractivity contribution in [3.8, 4) is 11.1 Å². The van der Waals surface area contributed by atoms with Gasteiger partial charge >= 0.3 is 0 Å². The Morgan fingerprint density at radius 1 is 0.938 bits per heavy atom. The van der Waals surface area contributed by atoms with Crippen LogP contribution in [0.1, 0.15) is 5.56 Å². The Morgan fingerprint density at radius 3 is 2.38 bits per heavy atom. The molecule has 2 rings (SSSR count). The average molecular weight is 239 g/mol. The van der Waals surface area contributed by atoms with Crippen LogP contribution in [0.4, 0.5) is 8.78 Å². The van der Waals surface area contributed by atoms with Crippen LogP contribution in [0.5, 0.6) is 0 Å². The third kappa shape index (κ3) is 2.07. The van der Waals surface area contributed by atoms with E-state index in [2.05, 4.69) is 0 Å². The zero-order chi connectivity index (χ0) is 11.7. The number of hydrogen-bond donors (Lipinski definition) is 0. The molecule has 16 heavy (non-hydrogen) atoms. The molecule has 0 amide bonds. The van der Waals surface area contributed by atoms with Gasteiger partial charge in [-0.1, -0.05) is 23.7 Å². The molecular weight excluding hydrogens is 230 g/mol. The molecule has 0 bridgehead atoms. The van der Waals surface area contributed by atoms with Crippen molar-refractivity contribution in [2.75, 3.05) is 0 Å². The molecule has 0 heterocycles. The lowest BCUT2D eigenvalue weighted by Crippen LogP contribution is -1.87. The molecule has 0 aliphatic carbocycles. The van der Waals surface area contributed by atoms with Crippen LogP contribution in [0.2, 0.25) is 5.02 Å². The summed E-state index contributed by atoms with van der Waals surface area (Å²) in [5.74, 6) is -0.760. The summed E-state index contributed by atoms with van der Waals surface area (Å²) in [7, 11) is 0. The second-order valence-corrected chi connectivity index (χ2v) is 4.02. The monoisotopic (exact) mass is 238 g/mol. The molecule has 0 saturated carbocycles. The maximum Gasteiger partial charge on any atom is 0.131 e. The molecule has 0 radical (unpaired) electrons. The Morgan fingerprint density at radius 2 is 1.69 bits per heavy atom. The predicted octanol–water partition coefficient (Wildman–Crippen LogP) is 4.59. The summed E-state index contributed by atoms with van der Waals surface area (Å²) < 4.78 is 26.8. The molecule has 2 aromatic carbocycles. The van der Waals surface area contributed by atoms with Crippen molar-refractivity contribution >= 4 is 11.6 Å². The molecule has 82 valence electrons. The van der Waals surface area contributed by atoms with Crippen molar-refractivity contribution in [2.45, 2.75) is 6.92 Å². The minimum Gasteiger partial charge on any atom is -0.207 e. The van der Waals surface area contributed by atoms with E-state index in [9.17, 15) is 8.78 Å². The first-order valence-corrected chi connectivity index (χ1v) is 5.17. The van der Waals surface area contributed by atoms with E-state index >= 15 is 0 Å². The molecule has 0 aromatic heterocycles. The summed E-state index contributed by atoms with van der Waals surface area (Å²) in [5, 5.41) is 0.428. The molecule has 3 heteroatoms. The Balaban J connectivity index is 2.58. The molecule has 0 N–H and O–H groups in total. The minimum atomic E-state index is -0.410. The summed E-state index contributed by atoms with van der Waals surface area (Å²) in [5.41, 5.74) is 1.33. The Kier molecular flexibility index (Phi) is 2.92. The lowest BCUT2D eigenvalue weighted by Gasteiger charge is -2.05. The molecule has 0 aliphatic heterocycles. The maximum atomic E-state index is 13.5. The van der Waals surface area contributed by atoms with Gasteiger partial charge in [-0.2, -0.15) is 0 Å². The largest absolute Gasteiger partial charge is 0.207 e.